The molecule has 2 heteroatoms. The van der Waals surface area contributed by atoms with E-state index in [1.165, 1.54) is 16.7 Å². The summed E-state index contributed by atoms with van der Waals surface area (Å²) in [6.07, 6.45) is 0. The van der Waals surface area contributed by atoms with E-state index in [1.807, 2.05) is 0 Å². The van der Waals surface area contributed by atoms with Gasteiger partial charge in [-0.2, -0.15) is 12.6 Å². The second-order valence-electron chi connectivity index (χ2n) is 5.61. The van der Waals surface area contributed by atoms with Crippen LogP contribution in [0, 0.1) is 6.92 Å². The third-order valence-electron chi connectivity index (χ3n) is 3.32. The number of methoxy groups -OCH3 is 1. The molecule has 0 spiro atoms. The molecule has 96 valence electrons. The highest BCUT2D eigenvalue weighted by Crippen LogP contribution is 2.35. The lowest BCUT2D eigenvalue weighted by molar-refractivity contribution is 0.406. The molecule has 0 aliphatic carbocycles. The van der Waals surface area contributed by atoms with Gasteiger partial charge < -0.3 is 4.74 Å². The van der Waals surface area contributed by atoms with Crippen LogP contribution in [-0.2, 0) is 5.41 Å². The molecule has 0 atom stereocenters. The Hall–Kier alpha value is -0.630. The molecule has 0 amide bonds. The van der Waals surface area contributed by atoms with Crippen molar-refractivity contribution < 1.29 is 4.74 Å². The van der Waals surface area contributed by atoms with Crippen molar-refractivity contribution in [3.8, 4) is 5.75 Å². The summed E-state index contributed by atoms with van der Waals surface area (Å²) < 4.78 is 5.47. The van der Waals surface area contributed by atoms with Gasteiger partial charge in [0, 0.05) is 0 Å². The number of aryl methyl sites for hydroxylation is 1. The van der Waals surface area contributed by atoms with Gasteiger partial charge in [0.2, 0.25) is 0 Å². The summed E-state index contributed by atoms with van der Waals surface area (Å²) in [5.41, 5.74) is 4.04. The van der Waals surface area contributed by atoms with Gasteiger partial charge in [-0.05, 0) is 46.8 Å². The van der Waals surface area contributed by atoms with E-state index in [4.69, 9.17) is 4.74 Å². The molecule has 0 aliphatic rings. The number of ether oxygens (including phenoxy) is 1. The van der Waals surface area contributed by atoms with Crippen molar-refractivity contribution in [2.45, 2.75) is 46.0 Å². The number of hydrogen-bond acceptors (Lipinski definition) is 2. The summed E-state index contributed by atoms with van der Waals surface area (Å²) >= 11 is 4.46. The van der Waals surface area contributed by atoms with Crippen LogP contribution in [0.3, 0.4) is 0 Å². The monoisotopic (exact) mass is 252 g/mol. The van der Waals surface area contributed by atoms with Crippen molar-refractivity contribution in [2.24, 2.45) is 0 Å². The third kappa shape index (κ3) is 2.98. The summed E-state index contributed by atoms with van der Waals surface area (Å²) in [7, 11) is 1.74. The lowest BCUT2D eigenvalue weighted by atomic mass is 9.81. The van der Waals surface area contributed by atoms with Gasteiger partial charge in [-0.1, -0.05) is 33.8 Å². The Bertz CT molecular complexity index is 394. The predicted molar refractivity (Wildman–Crippen MR) is 78.7 cm³/mol. The van der Waals surface area contributed by atoms with Gasteiger partial charge in [-0.3, -0.25) is 0 Å². The summed E-state index contributed by atoms with van der Waals surface area (Å²) in [5.74, 6) is 2.31. The Balaban J connectivity index is 3.39. The first-order valence-electron chi connectivity index (χ1n) is 6.13. The average Bonchev–Trinajstić information content (AvgIpc) is 2.27. The van der Waals surface area contributed by atoms with Gasteiger partial charge in [0.15, 0.2) is 0 Å². The highest BCUT2D eigenvalue weighted by Gasteiger charge is 2.23. The van der Waals surface area contributed by atoms with E-state index < -0.39 is 0 Å². The van der Waals surface area contributed by atoms with Crippen LogP contribution in [0.15, 0.2) is 12.1 Å². The second-order valence-corrected chi connectivity index (χ2v) is 5.92. The predicted octanol–water partition coefficient (Wildman–Crippen LogP) is 4.33. The zero-order valence-corrected chi connectivity index (χ0v) is 12.7. The molecule has 17 heavy (non-hydrogen) atoms. The van der Waals surface area contributed by atoms with Crippen LogP contribution in [-0.4, -0.2) is 12.9 Å². The van der Waals surface area contributed by atoms with Crippen molar-refractivity contribution >= 4 is 12.6 Å². The van der Waals surface area contributed by atoms with Gasteiger partial charge in [0.05, 0.1) is 7.11 Å². The summed E-state index contributed by atoms with van der Waals surface area (Å²) in [6.45, 7) is 11.0. The lowest BCUT2D eigenvalue weighted by Gasteiger charge is -2.27. The molecular weight excluding hydrogens is 228 g/mol. The first-order chi connectivity index (χ1) is 7.83. The Morgan fingerprint density at radius 1 is 1.29 bits per heavy atom. The van der Waals surface area contributed by atoms with Crippen molar-refractivity contribution in [1.82, 2.24) is 0 Å². The van der Waals surface area contributed by atoms with Crippen LogP contribution in [0.1, 0.15) is 50.3 Å². The highest BCUT2D eigenvalue weighted by molar-refractivity contribution is 7.80. The molecular formula is C15H24OS. The standard InChI is InChI=1S/C15H24OS/c1-10(2)12-8-13(15(4,5)9-17)11(3)7-14(12)16-6/h7-8,10,17H,9H2,1-6H3. The topological polar surface area (TPSA) is 9.23 Å². The number of rotatable bonds is 4. The molecule has 0 bridgehead atoms. The largest absolute Gasteiger partial charge is 0.496 e. The molecule has 0 unspecified atom stereocenters. The fourth-order valence-electron chi connectivity index (χ4n) is 2.14. The molecule has 1 aromatic carbocycles. The zero-order valence-electron chi connectivity index (χ0n) is 11.8. The Morgan fingerprint density at radius 3 is 2.29 bits per heavy atom. The minimum Gasteiger partial charge on any atom is -0.496 e. The third-order valence-corrected chi connectivity index (χ3v) is 4.11. The second kappa shape index (κ2) is 5.34. The van der Waals surface area contributed by atoms with Crippen LogP contribution in [0.5, 0.6) is 5.75 Å². The average molecular weight is 252 g/mol. The molecule has 0 N–H and O–H groups in total. The Morgan fingerprint density at radius 2 is 1.88 bits per heavy atom. The van der Waals surface area contributed by atoms with Gasteiger partial charge in [0.25, 0.3) is 0 Å². The maximum absolute atomic E-state index is 5.47. The van der Waals surface area contributed by atoms with E-state index in [-0.39, 0.29) is 5.41 Å². The molecule has 0 saturated carbocycles. The number of hydrogen-bond donors (Lipinski definition) is 1. The van der Waals surface area contributed by atoms with Crippen LogP contribution >= 0.6 is 12.6 Å². The summed E-state index contributed by atoms with van der Waals surface area (Å²) in [6, 6.07) is 4.44. The van der Waals surface area contributed by atoms with E-state index in [0.29, 0.717) is 5.92 Å². The molecule has 0 aromatic heterocycles. The van der Waals surface area contributed by atoms with Gasteiger partial charge in [-0.15, -0.1) is 0 Å². The fourth-order valence-corrected chi connectivity index (χ4v) is 2.31. The van der Waals surface area contributed by atoms with Crippen molar-refractivity contribution in [2.75, 3.05) is 12.9 Å². The zero-order chi connectivity index (χ0) is 13.2. The molecule has 1 aromatic rings. The molecule has 1 nitrogen and oxygen atoms in total. The maximum atomic E-state index is 5.47. The molecule has 0 radical (unpaired) electrons. The van der Waals surface area contributed by atoms with E-state index in [9.17, 15) is 0 Å². The Labute approximate surface area is 111 Å². The van der Waals surface area contributed by atoms with Crippen LogP contribution in [0.2, 0.25) is 0 Å². The number of benzene rings is 1. The molecule has 1 rings (SSSR count). The summed E-state index contributed by atoms with van der Waals surface area (Å²) in [5, 5.41) is 0. The maximum Gasteiger partial charge on any atom is 0.122 e. The smallest absolute Gasteiger partial charge is 0.122 e. The summed E-state index contributed by atoms with van der Waals surface area (Å²) in [4.78, 5) is 0. The van der Waals surface area contributed by atoms with E-state index in [0.717, 1.165) is 11.5 Å². The fraction of sp³-hybridized carbons (Fsp3) is 0.600. The van der Waals surface area contributed by atoms with E-state index in [1.54, 1.807) is 7.11 Å². The van der Waals surface area contributed by atoms with E-state index in [2.05, 4.69) is 59.4 Å². The first kappa shape index (κ1) is 14.4. The minimum atomic E-state index is 0.100. The van der Waals surface area contributed by atoms with Gasteiger partial charge in [-0.25, -0.2) is 0 Å². The molecule has 0 fully saturated rings. The van der Waals surface area contributed by atoms with Gasteiger partial charge in [0.1, 0.15) is 5.75 Å². The SMILES string of the molecule is COc1cc(C)c(C(C)(C)CS)cc1C(C)C. The van der Waals surface area contributed by atoms with Gasteiger partial charge >= 0.3 is 0 Å². The van der Waals surface area contributed by atoms with Crippen molar-refractivity contribution in [3.63, 3.8) is 0 Å². The molecule has 0 aliphatic heterocycles. The Kier molecular flexibility index (Phi) is 4.54. The van der Waals surface area contributed by atoms with E-state index >= 15 is 0 Å². The van der Waals surface area contributed by atoms with Crippen molar-refractivity contribution in [3.05, 3.63) is 28.8 Å². The molecule has 0 heterocycles. The normalized spacial score (nSPS) is 12.0. The van der Waals surface area contributed by atoms with Crippen LogP contribution in [0.25, 0.3) is 0 Å². The number of thiol groups is 1. The van der Waals surface area contributed by atoms with Crippen LogP contribution in [0.4, 0.5) is 0 Å². The van der Waals surface area contributed by atoms with Crippen molar-refractivity contribution in [1.29, 1.82) is 0 Å². The quantitative estimate of drug-likeness (QED) is 0.785. The first-order valence-corrected chi connectivity index (χ1v) is 6.76. The highest BCUT2D eigenvalue weighted by atomic mass is 32.1. The van der Waals surface area contributed by atoms with Crippen LogP contribution < -0.4 is 4.74 Å². The lowest BCUT2D eigenvalue weighted by Crippen LogP contribution is -2.21. The molecule has 0 saturated heterocycles. The minimum absolute atomic E-state index is 0.100.